The first-order chi connectivity index (χ1) is 10.1. The molecule has 22 heavy (non-hydrogen) atoms. The lowest BCUT2D eigenvalue weighted by Gasteiger charge is -2.27. The van der Waals surface area contributed by atoms with Crippen molar-refractivity contribution in [1.82, 2.24) is 9.80 Å². The zero-order chi connectivity index (χ0) is 16.9. The number of rotatable bonds is 5. The van der Waals surface area contributed by atoms with E-state index in [4.69, 9.17) is 14.2 Å². The maximum absolute atomic E-state index is 12.3. The predicted octanol–water partition coefficient (Wildman–Crippen LogP) is 1.12. The monoisotopic (exact) mass is 316 g/mol. The molecule has 0 aromatic carbocycles. The number of hydrogen-bond donors (Lipinski definition) is 0. The fraction of sp³-hybridized carbons (Fsp3) is 0.867. The summed E-state index contributed by atoms with van der Waals surface area (Å²) in [6.07, 6.45) is -0.266. The van der Waals surface area contributed by atoms with Crippen LogP contribution in [0.15, 0.2) is 0 Å². The summed E-state index contributed by atoms with van der Waals surface area (Å²) in [5.41, 5.74) is -0.610. The second kappa shape index (κ2) is 7.78. The lowest BCUT2D eigenvalue weighted by atomic mass is 10.2. The zero-order valence-corrected chi connectivity index (χ0v) is 14.4. The molecular weight excluding hydrogens is 288 g/mol. The quantitative estimate of drug-likeness (QED) is 0.708. The number of likely N-dealkylation sites (tertiary alicyclic amines) is 1. The number of likely N-dealkylation sites (N-methyl/N-ethyl adjacent to an activating group) is 1. The Morgan fingerprint density at radius 2 is 1.91 bits per heavy atom. The highest BCUT2D eigenvalue weighted by molar-refractivity contribution is 5.82. The second-order valence-electron chi connectivity index (χ2n) is 6.70. The Kier molecular flexibility index (Phi) is 6.62. The van der Waals surface area contributed by atoms with E-state index in [1.165, 1.54) is 12.0 Å². The lowest BCUT2D eigenvalue weighted by Crippen LogP contribution is -2.44. The molecule has 0 spiro atoms. The first-order valence-electron chi connectivity index (χ1n) is 7.48. The van der Waals surface area contributed by atoms with E-state index in [1.54, 1.807) is 20.8 Å². The van der Waals surface area contributed by atoms with Gasteiger partial charge in [0.25, 0.3) is 0 Å². The summed E-state index contributed by atoms with van der Waals surface area (Å²) in [5, 5.41) is 0. The van der Waals surface area contributed by atoms with Crippen molar-refractivity contribution in [2.75, 3.05) is 40.9 Å². The van der Waals surface area contributed by atoms with E-state index in [0.717, 1.165) is 6.54 Å². The van der Waals surface area contributed by atoms with Gasteiger partial charge in [-0.15, -0.1) is 0 Å². The number of hydrogen-bond acceptors (Lipinski definition) is 6. The van der Waals surface area contributed by atoms with Crippen LogP contribution in [0.2, 0.25) is 0 Å². The van der Waals surface area contributed by atoms with Gasteiger partial charge >= 0.3 is 12.1 Å². The van der Waals surface area contributed by atoms with Gasteiger partial charge in [0.15, 0.2) is 0 Å². The predicted molar refractivity (Wildman–Crippen MR) is 81.7 cm³/mol. The Morgan fingerprint density at radius 3 is 2.41 bits per heavy atom. The highest BCUT2D eigenvalue weighted by atomic mass is 16.6. The van der Waals surface area contributed by atoms with Gasteiger partial charge in [0.2, 0.25) is 0 Å². The van der Waals surface area contributed by atoms with Gasteiger partial charge in [-0.25, -0.2) is 9.59 Å². The van der Waals surface area contributed by atoms with Crippen LogP contribution < -0.4 is 0 Å². The lowest BCUT2D eigenvalue weighted by molar-refractivity contribution is -0.145. The van der Waals surface area contributed by atoms with Crippen LogP contribution in [0.5, 0.6) is 0 Å². The third-order valence-electron chi connectivity index (χ3n) is 3.26. The summed E-state index contributed by atoms with van der Waals surface area (Å²) in [5.74, 6) is -0.440. The average molecular weight is 316 g/mol. The van der Waals surface area contributed by atoms with Crippen LogP contribution in [-0.2, 0) is 19.0 Å². The first kappa shape index (κ1) is 18.7. The van der Waals surface area contributed by atoms with Crippen molar-refractivity contribution in [3.8, 4) is 0 Å². The number of nitrogens with zero attached hydrogens (tertiary/aromatic N) is 2. The molecule has 7 heteroatoms. The molecule has 0 unspecified atom stereocenters. The summed E-state index contributed by atoms with van der Waals surface area (Å²) in [4.78, 5) is 27.6. The Balaban J connectivity index is 2.67. The maximum atomic E-state index is 12.3. The minimum Gasteiger partial charge on any atom is -0.467 e. The summed E-state index contributed by atoms with van der Waals surface area (Å²) in [6.45, 7) is 7.04. The standard InChI is InChI=1S/C15H28N2O5/c1-15(2,3)22-14(19)17-10-11(21-8-7-16(4)5)9-12(17)13(18)20-6/h11-12H,7-10H2,1-6H3/t11-,12+/m1/s1. The van der Waals surface area contributed by atoms with Gasteiger partial charge < -0.3 is 19.1 Å². The molecule has 1 aliphatic rings. The van der Waals surface area contributed by atoms with Gasteiger partial charge in [-0.2, -0.15) is 0 Å². The largest absolute Gasteiger partial charge is 0.467 e. The highest BCUT2D eigenvalue weighted by Gasteiger charge is 2.42. The molecule has 1 saturated heterocycles. The van der Waals surface area contributed by atoms with Crippen LogP contribution in [0.3, 0.4) is 0 Å². The van der Waals surface area contributed by atoms with Gasteiger partial charge in [0, 0.05) is 13.0 Å². The Hall–Kier alpha value is -1.34. The van der Waals surface area contributed by atoms with Crippen molar-refractivity contribution in [2.24, 2.45) is 0 Å². The van der Waals surface area contributed by atoms with E-state index in [1.807, 2.05) is 19.0 Å². The molecule has 1 heterocycles. The van der Waals surface area contributed by atoms with Crippen molar-refractivity contribution >= 4 is 12.1 Å². The fourth-order valence-electron chi connectivity index (χ4n) is 2.20. The topological polar surface area (TPSA) is 68.3 Å². The fourth-order valence-corrected chi connectivity index (χ4v) is 2.20. The maximum Gasteiger partial charge on any atom is 0.411 e. The smallest absolute Gasteiger partial charge is 0.411 e. The van der Waals surface area contributed by atoms with E-state index in [2.05, 4.69) is 0 Å². The molecule has 0 radical (unpaired) electrons. The molecule has 7 nitrogen and oxygen atoms in total. The number of ether oxygens (including phenoxy) is 3. The molecule has 1 fully saturated rings. The number of amides is 1. The molecule has 2 atom stereocenters. The van der Waals surface area contributed by atoms with Crippen LogP contribution in [0, 0.1) is 0 Å². The van der Waals surface area contributed by atoms with Gasteiger partial charge in [-0.3, -0.25) is 4.90 Å². The van der Waals surface area contributed by atoms with Crippen molar-refractivity contribution in [2.45, 2.75) is 44.9 Å². The molecule has 0 bridgehead atoms. The summed E-state index contributed by atoms with van der Waals surface area (Å²) >= 11 is 0. The van der Waals surface area contributed by atoms with Gasteiger partial charge in [0.1, 0.15) is 11.6 Å². The average Bonchev–Trinajstić information content (AvgIpc) is 2.79. The molecule has 0 aliphatic carbocycles. The molecule has 1 rings (SSSR count). The SMILES string of the molecule is COC(=O)[C@@H]1C[C@@H](OCCN(C)C)CN1C(=O)OC(C)(C)C. The summed E-state index contributed by atoms with van der Waals surface area (Å²) in [7, 11) is 5.24. The molecular formula is C15H28N2O5. The summed E-state index contributed by atoms with van der Waals surface area (Å²) in [6, 6.07) is -0.649. The molecule has 0 saturated carbocycles. The zero-order valence-electron chi connectivity index (χ0n) is 14.4. The normalized spacial score (nSPS) is 22.0. The van der Waals surface area contributed by atoms with Crippen molar-refractivity contribution < 1.29 is 23.8 Å². The van der Waals surface area contributed by atoms with Crippen LogP contribution in [0.4, 0.5) is 4.79 Å². The Morgan fingerprint density at radius 1 is 1.27 bits per heavy atom. The molecule has 0 aromatic heterocycles. The van der Waals surface area contributed by atoms with E-state index in [0.29, 0.717) is 19.6 Å². The van der Waals surface area contributed by atoms with Crippen LogP contribution >= 0.6 is 0 Å². The number of esters is 1. The number of methoxy groups -OCH3 is 1. The van der Waals surface area contributed by atoms with E-state index >= 15 is 0 Å². The van der Waals surface area contributed by atoms with Crippen molar-refractivity contribution in [3.63, 3.8) is 0 Å². The number of carbonyl (C=O) groups is 2. The Labute approximate surface area is 132 Å². The minimum atomic E-state index is -0.649. The van der Waals surface area contributed by atoms with Gasteiger partial charge in [-0.1, -0.05) is 0 Å². The van der Waals surface area contributed by atoms with Gasteiger partial charge in [0.05, 0.1) is 26.4 Å². The van der Waals surface area contributed by atoms with Crippen LogP contribution in [-0.4, -0.2) is 80.5 Å². The van der Waals surface area contributed by atoms with E-state index < -0.39 is 23.7 Å². The summed E-state index contributed by atoms with van der Waals surface area (Å²) < 4.78 is 15.9. The molecule has 1 amide bonds. The third-order valence-corrected chi connectivity index (χ3v) is 3.26. The third kappa shape index (κ3) is 5.81. The molecule has 1 aliphatic heterocycles. The first-order valence-corrected chi connectivity index (χ1v) is 7.48. The number of carbonyl (C=O) groups excluding carboxylic acids is 2. The van der Waals surface area contributed by atoms with Crippen LogP contribution in [0.25, 0.3) is 0 Å². The Bertz CT molecular complexity index is 392. The van der Waals surface area contributed by atoms with Crippen LogP contribution in [0.1, 0.15) is 27.2 Å². The minimum absolute atomic E-state index is 0.184. The van der Waals surface area contributed by atoms with Gasteiger partial charge in [-0.05, 0) is 34.9 Å². The molecule has 0 N–H and O–H groups in total. The van der Waals surface area contributed by atoms with Crippen molar-refractivity contribution in [3.05, 3.63) is 0 Å². The van der Waals surface area contributed by atoms with E-state index in [-0.39, 0.29) is 6.10 Å². The second-order valence-corrected chi connectivity index (χ2v) is 6.70. The molecule has 128 valence electrons. The van der Waals surface area contributed by atoms with Crippen molar-refractivity contribution in [1.29, 1.82) is 0 Å². The molecule has 0 aromatic rings. The highest BCUT2D eigenvalue weighted by Crippen LogP contribution is 2.24. The van der Waals surface area contributed by atoms with E-state index in [9.17, 15) is 9.59 Å².